The Kier molecular flexibility index (Phi) is 6.10. The number of nitrogens with one attached hydrogen (secondary N) is 2. The van der Waals surface area contributed by atoms with Crippen LogP contribution >= 0.6 is 15.9 Å². The van der Waals surface area contributed by atoms with Crippen molar-refractivity contribution in [1.29, 1.82) is 0 Å². The van der Waals surface area contributed by atoms with Gasteiger partial charge in [-0.2, -0.15) is 5.10 Å². The van der Waals surface area contributed by atoms with Crippen LogP contribution in [0.4, 0.5) is 5.69 Å². The highest BCUT2D eigenvalue weighted by molar-refractivity contribution is 9.10. The maximum absolute atomic E-state index is 11.2. The van der Waals surface area contributed by atoms with Gasteiger partial charge in [0.1, 0.15) is 4.47 Å². The lowest BCUT2D eigenvalue weighted by atomic mass is 10.4. The molecule has 90 valence electrons. The van der Waals surface area contributed by atoms with Crippen molar-refractivity contribution in [2.45, 2.75) is 19.8 Å². The zero-order valence-electron chi connectivity index (χ0n) is 9.25. The molecule has 0 saturated carbocycles. The van der Waals surface area contributed by atoms with Gasteiger partial charge in [0.2, 0.25) is 0 Å². The number of hydrogen-bond acceptors (Lipinski definition) is 4. The van der Waals surface area contributed by atoms with Crippen LogP contribution in [-0.2, 0) is 4.74 Å². The molecule has 0 unspecified atom stereocenters. The number of unbranched alkanes of at least 4 members (excludes halogenated alkanes) is 1. The number of halogens is 1. The summed E-state index contributed by atoms with van der Waals surface area (Å²) in [5, 5.41) is 9.11. The fourth-order valence-corrected chi connectivity index (χ4v) is 1.44. The minimum Gasteiger partial charge on any atom is -0.380 e. The molecule has 0 radical (unpaired) electrons. The molecule has 0 amide bonds. The molecule has 0 aliphatic carbocycles. The summed E-state index contributed by atoms with van der Waals surface area (Å²) in [6, 6.07) is 0. The molecule has 1 aromatic heterocycles. The summed E-state index contributed by atoms with van der Waals surface area (Å²) in [5.41, 5.74) is 0.444. The van der Waals surface area contributed by atoms with E-state index >= 15 is 0 Å². The number of nitrogens with zero attached hydrogens (tertiary/aromatic N) is 1. The van der Waals surface area contributed by atoms with Gasteiger partial charge in [-0.15, -0.1) is 0 Å². The van der Waals surface area contributed by atoms with Gasteiger partial charge in [-0.1, -0.05) is 13.3 Å². The van der Waals surface area contributed by atoms with Gasteiger partial charge in [-0.3, -0.25) is 4.79 Å². The highest BCUT2D eigenvalue weighted by atomic mass is 79.9. The second-order valence-corrected chi connectivity index (χ2v) is 4.11. The number of rotatable bonds is 7. The quantitative estimate of drug-likeness (QED) is 0.751. The molecule has 1 rings (SSSR count). The molecule has 0 atom stereocenters. The lowest BCUT2D eigenvalue weighted by Crippen LogP contribution is -2.15. The standard InChI is InChI=1S/C10H16BrN3O2/c1-2-3-5-16-6-4-12-8-7-13-14-10(15)9(8)11/h7H,2-6H2,1H3,(H2,12,14,15). The van der Waals surface area contributed by atoms with Gasteiger partial charge in [-0.05, 0) is 22.4 Å². The molecule has 6 heteroatoms. The summed E-state index contributed by atoms with van der Waals surface area (Å²) >= 11 is 3.19. The Morgan fingerprint density at radius 3 is 3.12 bits per heavy atom. The van der Waals surface area contributed by atoms with E-state index in [1.54, 1.807) is 6.20 Å². The van der Waals surface area contributed by atoms with Crippen LogP contribution in [0.3, 0.4) is 0 Å². The first kappa shape index (κ1) is 13.2. The summed E-state index contributed by atoms with van der Waals surface area (Å²) in [4.78, 5) is 11.2. The maximum Gasteiger partial charge on any atom is 0.280 e. The van der Waals surface area contributed by atoms with E-state index in [0.29, 0.717) is 23.3 Å². The van der Waals surface area contributed by atoms with Crippen LogP contribution in [0, 0.1) is 0 Å². The zero-order chi connectivity index (χ0) is 11.8. The average molecular weight is 290 g/mol. The van der Waals surface area contributed by atoms with Crippen LogP contribution in [0.1, 0.15) is 19.8 Å². The van der Waals surface area contributed by atoms with Crippen molar-refractivity contribution >= 4 is 21.6 Å². The topological polar surface area (TPSA) is 67.0 Å². The van der Waals surface area contributed by atoms with Gasteiger partial charge in [-0.25, -0.2) is 5.10 Å². The van der Waals surface area contributed by atoms with Crippen LogP contribution in [0.2, 0.25) is 0 Å². The first-order valence-corrected chi connectivity index (χ1v) is 6.09. The van der Waals surface area contributed by atoms with Gasteiger partial charge < -0.3 is 10.1 Å². The minimum absolute atomic E-state index is 0.239. The van der Waals surface area contributed by atoms with E-state index in [0.717, 1.165) is 19.4 Å². The molecule has 1 aromatic rings. The van der Waals surface area contributed by atoms with Crippen molar-refractivity contribution in [3.8, 4) is 0 Å². The molecule has 0 fully saturated rings. The summed E-state index contributed by atoms with van der Waals surface area (Å²) in [6.45, 7) is 4.19. The molecular weight excluding hydrogens is 274 g/mol. The normalized spacial score (nSPS) is 10.4. The van der Waals surface area contributed by atoms with Crippen molar-refractivity contribution in [2.24, 2.45) is 0 Å². The highest BCUT2D eigenvalue weighted by Gasteiger charge is 2.02. The molecule has 2 N–H and O–H groups in total. The van der Waals surface area contributed by atoms with Crippen LogP contribution in [-0.4, -0.2) is 30.0 Å². The molecule has 0 spiro atoms. The van der Waals surface area contributed by atoms with E-state index in [1.165, 1.54) is 0 Å². The summed E-state index contributed by atoms with van der Waals surface area (Å²) in [5.74, 6) is 0. The van der Waals surface area contributed by atoms with Crippen molar-refractivity contribution in [1.82, 2.24) is 10.2 Å². The molecule has 5 nitrogen and oxygen atoms in total. The van der Waals surface area contributed by atoms with Gasteiger partial charge in [0, 0.05) is 13.2 Å². The van der Waals surface area contributed by atoms with Gasteiger partial charge in [0.25, 0.3) is 5.56 Å². The fourth-order valence-electron chi connectivity index (χ4n) is 1.11. The minimum atomic E-state index is -0.239. The Hall–Kier alpha value is -0.880. The van der Waals surface area contributed by atoms with Gasteiger partial charge >= 0.3 is 0 Å². The molecular formula is C10H16BrN3O2. The second kappa shape index (κ2) is 7.40. The molecule has 1 heterocycles. The Morgan fingerprint density at radius 2 is 2.38 bits per heavy atom. The van der Waals surface area contributed by atoms with E-state index in [-0.39, 0.29) is 5.56 Å². The lowest BCUT2D eigenvalue weighted by molar-refractivity contribution is 0.141. The van der Waals surface area contributed by atoms with Crippen LogP contribution in [0.5, 0.6) is 0 Å². The lowest BCUT2D eigenvalue weighted by Gasteiger charge is -2.07. The van der Waals surface area contributed by atoms with E-state index < -0.39 is 0 Å². The van der Waals surface area contributed by atoms with Crippen molar-refractivity contribution in [2.75, 3.05) is 25.1 Å². The predicted octanol–water partition coefficient (Wildman–Crippen LogP) is 1.76. The molecule has 16 heavy (non-hydrogen) atoms. The zero-order valence-corrected chi connectivity index (χ0v) is 10.8. The van der Waals surface area contributed by atoms with Crippen LogP contribution < -0.4 is 10.9 Å². The van der Waals surface area contributed by atoms with Gasteiger partial charge in [0.15, 0.2) is 0 Å². The molecule has 0 bridgehead atoms. The average Bonchev–Trinajstić information content (AvgIpc) is 2.29. The smallest absolute Gasteiger partial charge is 0.280 e. The van der Waals surface area contributed by atoms with E-state index in [4.69, 9.17) is 4.74 Å². The number of H-pyrrole nitrogens is 1. The largest absolute Gasteiger partial charge is 0.380 e. The molecule has 0 aliphatic heterocycles. The Balaban J connectivity index is 2.27. The fraction of sp³-hybridized carbons (Fsp3) is 0.600. The molecule has 0 aromatic carbocycles. The van der Waals surface area contributed by atoms with E-state index in [2.05, 4.69) is 38.4 Å². The third kappa shape index (κ3) is 4.32. The van der Waals surface area contributed by atoms with Gasteiger partial charge in [0.05, 0.1) is 18.5 Å². The van der Waals surface area contributed by atoms with Crippen molar-refractivity contribution in [3.05, 3.63) is 21.0 Å². The van der Waals surface area contributed by atoms with Crippen LogP contribution in [0.25, 0.3) is 0 Å². The van der Waals surface area contributed by atoms with Crippen LogP contribution in [0.15, 0.2) is 15.5 Å². The second-order valence-electron chi connectivity index (χ2n) is 3.32. The van der Waals surface area contributed by atoms with Crippen molar-refractivity contribution in [3.63, 3.8) is 0 Å². The summed E-state index contributed by atoms with van der Waals surface area (Å²) in [6.07, 6.45) is 3.78. The van der Waals surface area contributed by atoms with Crippen molar-refractivity contribution < 1.29 is 4.74 Å². The maximum atomic E-state index is 11.2. The number of hydrogen-bond donors (Lipinski definition) is 2. The summed E-state index contributed by atoms with van der Waals surface area (Å²) < 4.78 is 5.85. The number of anilines is 1. The monoisotopic (exact) mass is 289 g/mol. The third-order valence-corrected chi connectivity index (χ3v) is 2.79. The Morgan fingerprint density at radius 1 is 1.56 bits per heavy atom. The highest BCUT2D eigenvalue weighted by Crippen LogP contribution is 2.14. The SMILES string of the molecule is CCCCOCCNc1cn[nH]c(=O)c1Br. The predicted molar refractivity (Wildman–Crippen MR) is 66.8 cm³/mol. The summed E-state index contributed by atoms with van der Waals surface area (Å²) in [7, 11) is 0. The first-order chi connectivity index (χ1) is 7.75. The number of ether oxygens (including phenoxy) is 1. The Labute approximate surface area is 103 Å². The Bertz CT molecular complexity index is 367. The van der Waals surface area contributed by atoms with E-state index in [9.17, 15) is 4.79 Å². The number of aromatic nitrogens is 2. The third-order valence-electron chi connectivity index (χ3n) is 2.00. The first-order valence-electron chi connectivity index (χ1n) is 5.30. The molecule has 0 saturated heterocycles. The molecule has 0 aliphatic rings. The van der Waals surface area contributed by atoms with E-state index in [1.807, 2.05) is 0 Å². The number of aromatic amines is 1.